The van der Waals surface area contributed by atoms with Gasteiger partial charge in [0.1, 0.15) is 5.75 Å². The van der Waals surface area contributed by atoms with Crippen molar-refractivity contribution >= 4 is 11.6 Å². The number of nitrogens with two attached hydrogens (primary N) is 1. The number of hydrogen-bond donors (Lipinski definition) is 2. The molecule has 0 aliphatic carbocycles. The number of amides is 1. The lowest BCUT2D eigenvalue weighted by Crippen LogP contribution is -2.13. The van der Waals surface area contributed by atoms with Crippen molar-refractivity contribution in [3.63, 3.8) is 0 Å². The number of carbonyl (C=O) groups excluding carboxylic acids is 1. The zero-order chi connectivity index (χ0) is 15.1. The molecule has 0 spiro atoms. The first kappa shape index (κ1) is 14.6. The molecule has 1 amide bonds. The van der Waals surface area contributed by atoms with E-state index in [2.05, 4.69) is 17.2 Å². The van der Waals surface area contributed by atoms with Crippen LogP contribution in [0.1, 0.15) is 15.9 Å². The number of nitrogens with one attached hydrogen (secondary N) is 1. The molecule has 0 bridgehead atoms. The van der Waals surface area contributed by atoms with Crippen LogP contribution in [0, 0.1) is 11.8 Å². The van der Waals surface area contributed by atoms with Gasteiger partial charge in [-0.3, -0.25) is 4.79 Å². The molecule has 0 heterocycles. The highest BCUT2D eigenvalue weighted by atomic mass is 16.5. The van der Waals surface area contributed by atoms with Gasteiger partial charge in [0, 0.05) is 17.3 Å². The first-order valence-corrected chi connectivity index (χ1v) is 6.48. The highest BCUT2D eigenvalue weighted by Crippen LogP contribution is 2.18. The molecule has 2 aromatic rings. The average molecular weight is 280 g/mol. The lowest BCUT2D eigenvalue weighted by atomic mass is 10.1. The predicted octanol–water partition coefficient (Wildman–Crippen LogP) is 2.26. The molecule has 2 aromatic carbocycles. The van der Waals surface area contributed by atoms with Crippen LogP contribution in [-0.4, -0.2) is 19.6 Å². The Balaban J connectivity index is 2.24. The largest absolute Gasteiger partial charge is 0.497 e. The smallest absolute Gasteiger partial charge is 0.256 e. The second-order valence-electron chi connectivity index (χ2n) is 4.24. The van der Waals surface area contributed by atoms with E-state index in [0.29, 0.717) is 22.6 Å². The molecular formula is C17H16N2O2. The Hall–Kier alpha value is -2.77. The maximum absolute atomic E-state index is 12.3. The maximum atomic E-state index is 12.3. The van der Waals surface area contributed by atoms with Crippen LogP contribution in [0.25, 0.3) is 0 Å². The van der Waals surface area contributed by atoms with Crippen LogP contribution in [0.5, 0.6) is 5.75 Å². The minimum absolute atomic E-state index is 0.217. The van der Waals surface area contributed by atoms with Gasteiger partial charge in [0.2, 0.25) is 0 Å². The highest BCUT2D eigenvalue weighted by Gasteiger charge is 2.10. The summed E-state index contributed by atoms with van der Waals surface area (Å²) in [5.41, 5.74) is 7.21. The third-order valence-corrected chi connectivity index (χ3v) is 2.82. The summed E-state index contributed by atoms with van der Waals surface area (Å²) in [6.07, 6.45) is 0. The standard InChI is InChI=1S/C17H16N2O2/c1-21-15-9-4-8-14(12-15)19-17(20)16-10-3-2-6-13(16)7-5-11-18/h2-4,6,8-10,12H,11,18H2,1H3,(H,19,20). The van der Waals surface area contributed by atoms with E-state index in [1.54, 1.807) is 37.4 Å². The predicted molar refractivity (Wildman–Crippen MR) is 83.3 cm³/mol. The number of anilines is 1. The van der Waals surface area contributed by atoms with Gasteiger partial charge in [-0.1, -0.05) is 30.0 Å². The minimum atomic E-state index is -0.217. The number of ether oxygens (including phenoxy) is 1. The quantitative estimate of drug-likeness (QED) is 0.848. The van der Waals surface area contributed by atoms with Crippen LogP contribution >= 0.6 is 0 Å². The third kappa shape index (κ3) is 3.85. The first-order chi connectivity index (χ1) is 10.2. The molecular weight excluding hydrogens is 264 g/mol. The van der Waals surface area contributed by atoms with Crippen molar-refractivity contribution in [3.05, 3.63) is 59.7 Å². The molecule has 106 valence electrons. The summed E-state index contributed by atoms with van der Waals surface area (Å²) in [5, 5.41) is 2.83. The maximum Gasteiger partial charge on any atom is 0.256 e. The molecule has 0 saturated carbocycles. The Labute approximate surface area is 123 Å². The first-order valence-electron chi connectivity index (χ1n) is 6.48. The van der Waals surface area contributed by atoms with Gasteiger partial charge in [0.25, 0.3) is 5.91 Å². The Morgan fingerprint density at radius 3 is 2.81 bits per heavy atom. The number of methoxy groups -OCH3 is 1. The van der Waals surface area contributed by atoms with Crippen molar-refractivity contribution < 1.29 is 9.53 Å². The molecule has 0 saturated heterocycles. The normalized spacial score (nSPS) is 9.43. The average Bonchev–Trinajstić information content (AvgIpc) is 2.53. The van der Waals surface area contributed by atoms with Crippen LogP contribution in [0.3, 0.4) is 0 Å². The van der Waals surface area contributed by atoms with Gasteiger partial charge in [-0.2, -0.15) is 0 Å². The van der Waals surface area contributed by atoms with E-state index in [-0.39, 0.29) is 12.5 Å². The third-order valence-electron chi connectivity index (χ3n) is 2.82. The summed E-state index contributed by atoms with van der Waals surface area (Å²) >= 11 is 0. The number of hydrogen-bond acceptors (Lipinski definition) is 3. The minimum Gasteiger partial charge on any atom is -0.497 e. The fraction of sp³-hybridized carbons (Fsp3) is 0.118. The van der Waals surface area contributed by atoms with E-state index < -0.39 is 0 Å². The van der Waals surface area contributed by atoms with Crippen LogP contribution in [0.2, 0.25) is 0 Å². The Bertz CT molecular complexity index is 699. The lowest BCUT2D eigenvalue weighted by Gasteiger charge is -2.08. The van der Waals surface area contributed by atoms with Gasteiger partial charge in [-0.05, 0) is 24.3 Å². The van der Waals surface area contributed by atoms with E-state index in [0.717, 1.165) is 0 Å². The molecule has 0 aliphatic rings. The highest BCUT2D eigenvalue weighted by molar-refractivity contribution is 6.06. The van der Waals surface area contributed by atoms with Crippen molar-refractivity contribution in [3.8, 4) is 17.6 Å². The fourth-order valence-electron chi connectivity index (χ4n) is 1.84. The summed E-state index contributed by atoms with van der Waals surface area (Å²) in [7, 11) is 1.58. The lowest BCUT2D eigenvalue weighted by molar-refractivity contribution is 0.102. The molecule has 2 rings (SSSR count). The summed E-state index contributed by atoms with van der Waals surface area (Å²) in [6.45, 7) is 0.256. The molecule has 3 N–H and O–H groups in total. The molecule has 0 fully saturated rings. The summed E-state index contributed by atoms with van der Waals surface area (Å²) in [5.74, 6) is 6.13. The number of benzene rings is 2. The SMILES string of the molecule is COc1cccc(NC(=O)c2ccccc2C#CCN)c1. The molecule has 0 aromatic heterocycles. The Kier molecular flexibility index (Phi) is 4.97. The Morgan fingerprint density at radius 2 is 2.05 bits per heavy atom. The van der Waals surface area contributed by atoms with Gasteiger partial charge in [0.15, 0.2) is 0 Å². The van der Waals surface area contributed by atoms with E-state index >= 15 is 0 Å². The number of rotatable bonds is 3. The van der Waals surface area contributed by atoms with Gasteiger partial charge in [-0.15, -0.1) is 0 Å². The molecule has 21 heavy (non-hydrogen) atoms. The molecule has 0 atom stereocenters. The van der Waals surface area contributed by atoms with E-state index in [1.165, 1.54) is 0 Å². The van der Waals surface area contributed by atoms with Crippen LogP contribution in [-0.2, 0) is 0 Å². The van der Waals surface area contributed by atoms with Gasteiger partial charge in [0.05, 0.1) is 19.2 Å². The molecule has 0 radical (unpaired) electrons. The van der Waals surface area contributed by atoms with Crippen molar-refractivity contribution in [2.75, 3.05) is 19.0 Å². The summed E-state index contributed by atoms with van der Waals surface area (Å²) < 4.78 is 5.13. The van der Waals surface area contributed by atoms with E-state index in [4.69, 9.17) is 10.5 Å². The summed E-state index contributed by atoms with van der Waals surface area (Å²) in [4.78, 5) is 12.3. The van der Waals surface area contributed by atoms with Crippen LogP contribution in [0.4, 0.5) is 5.69 Å². The zero-order valence-electron chi connectivity index (χ0n) is 11.7. The Morgan fingerprint density at radius 1 is 1.24 bits per heavy atom. The number of carbonyl (C=O) groups is 1. The van der Waals surface area contributed by atoms with Crippen molar-refractivity contribution in [2.45, 2.75) is 0 Å². The summed E-state index contributed by atoms with van der Waals surface area (Å²) in [6, 6.07) is 14.3. The topological polar surface area (TPSA) is 64.3 Å². The van der Waals surface area contributed by atoms with Gasteiger partial charge >= 0.3 is 0 Å². The van der Waals surface area contributed by atoms with E-state index in [9.17, 15) is 4.79 Å². The van der Waals surface area contributed by atoms with Gasteiger partial charge < -0.3 is 15.8 Å². The van der Waals surface area contributed by atoms with Crippen molar-refractivity contribution in [1.82, 2.24) is 0 Å². The van der Waals surface area contributed by atoms with Crippen molar-refractivity contribution in [2.24, 2.45) is 5.73 Å². The molecule has 0 aliphatic heterocycles. The molecule has 0 unspecified atom stereocenters. The van der Waals surface area contributed by atoms with Gasteiger partial charge in [-0.25, -0.2) is 0 Å². The van der Waals surface area contributed by atoms with Crippen LogP contribution < -0.4 is 15.8 Å². The second kappa shape index (κ2) is 7.13. The fourth-order valence-corrected chi connectivity index (χ4v) is 1.84. The van der Waals surface area contributed by atoms with E-state index in [1.807, 2.05) is 18.2 Å². The zero-order valence-corrected chi connectivity index (χ0v) is 11.7. The monoisotopic (exact) mass is 280 g/mol. The second-order valence-corrected chi connectivity index (χ2v) is 4.24. The van der Waals surface area contributed by atoms with Crippen LogP contribution in [0.15, 0.2) is 48.5 Å². The van der Waals surface area contributed by atoms with Crippen molar-refractivity contribution in [1.29, 1.82) is 0 Å². The molecule has 4 heteroatoms. The molecule has 4 nitrogen and oxygen atoms in total.